The van der Waals surface area contributed by atoms with Gasteiger partial charge < -0.3 is 9.38 Å². The van der Waals surface area contributed by atoms with E-state index < -0.39 is 7.82 Å². The molecule has 1 aliphatic carbocycles. The van der Waals surface area contributed by atoms with E-state index in [2.05, 4.69) is 6.92 Å². The minimum Gasteiger partial charge on any atom is -0.329 e. The molecule has 0 radical (unpaired) electrons. The summed E-state index contributed by atoms with van der Waals surface area (Å²) in [6.07, 6.45) is 2.54. The Morgan fingerprint density at radius 3 is 2.52 bits per heavy atom. The van der Waals surface area contributed by atoms with Gasteiger partial charge in [0.2, 0.25) is 0 Å². The quantitative estimate of drug-likeness (QED) is 0.463. The second kappa shape index (κ2) is 7.38. The maximum atomic E-state index is 12.1. The predicted molar refractivity (Wildman–Crippen MR) is 84.9 cm³/mol. The van der Waals surface area contributed by atoms with E-state index in [1.807, 2.05) is 35.0 Å². The van der Waals surface area contributed by atoms with Crippen LogP contribution in [0.3, 0.4) is 0 Å². The molecule has 0 aromatic heterocycles. The molecule has 5 nitrogen and oxygen atoms in total. The second-order valence-electron chi connectivity index (χ2n) is 7.31. The summed E-state index contributed by atoms with van der Waals surface area (Å²) in [5.74, 6) is 0.504. The fourth-order valence-electron chi connectivity index (χ4n) is 2.49. The van der Waals surface area contributed by atoms with Gasteiger partial charge in [-0.2, -0.15) is 0 Å². The first-order valence-electron chi connectivity index (χ1n) is 7.62. The Morgan fingerprint density at radius 1 is 1.38 bits per heavy atom. The van der Waals surface area contributed by atoms with Crippen LogP contribution in [0.25, 0.3) is 0 Å². The maximum absolute atomic E-state index is 12.1. The predicted octanol–water partition coefficient (Wildman–Crippen LogP) is 3.35. The van der Waals surface area contributed by atoms with Gasteiger partial charge in [0.15, 0.2) is 0 Å². The minimum absolute atomic E-state index is 0.212. The molecule has 0 bridgehead atoms. The van der Waals surface area contributed by atoms with Crippen molar-refractivity contribution in [3.63, 3.8) is 0 Å². The number of hydrogen-bond acceptors (Lipinski definition) is 3. The zero-order valence-electron chi connectivity index (χ0n) is 14.3. The Hall–Kier alpha value is -0.190. The highest BCUT2D eigenvalue weighted by Crippen LogP contribution is 2.48. The Labute approximate surface area is 129 Å². The lowest BCUT2D eigenvalue weighted by atomic mass is 9.83. The Morgan fingerprint density at radius 2 is 2.00 bits per heavy atom. The molecule has 1 rings (SSSR count). The molecule has 1 fully saturated rings. The van der Waals surface area contributed by atoms with Crippen LogP contribution in [-0.2, 0) is 13.6 Å². The fraction of sp³-hybridized carbons (Fsp3) is 0.867. The summed E-state index contributed by atoms with van der Waals surface area (Å²) in [7, 11) is 2.04. The number of rotatable bonds is 6. The summed E-state index contributed by atoms with van der Waals surface area (Å²) < 4.78 is 23.4. The van der Waals surface area contributed by atoms with Gasteiger partial charge >= 0.3 is 7.82 Å². The van der Waals surface area contributed by atoms with Crippen molar-refractivity contribution in [2.24, 2.45) is 5.92 Å². The van der Waals surface area contributed by atoms with Crippen molar-refractivity contribution in [2.75, 3.05) is 34.3 Å². The maximum Gasteiger partial charge on any atom is 0.472 e. The molecule has 0 aromatic rings. The highest BCUT2D eigenvalue weighted by atomic mass is 31.2. The molecule has 1 saturated carbocycles. The summed E-state index contributed by atoms with van der Waals surface area (Å²) in [4.78, 5) is 9.93. The van der Waals surface area contributed by atoms with Crippen LogP contribution in [0, 0.1) is 5.92 Å². The molecule has 0 heterocycles. The third-order valence-corrected chi connectivity index (χ3v) is 4.86. The normalized spacial score (nSPS) is 26.5. The van der Waals surface area contributed by atoms with Gasteiger partial charge in [-0.15, -0.1) is 0 Å². The molecule has 3 unspecified atom stereocenters. The van der Waals surface area contributed by atoms with Crippen molar-refractivity contribution in [1.29, 1.82) is 0 Å². The van der Waals surface area contributed by atoms with Gasteiger partial charge in [-0.1, -0.05) is 12.5 Å². The number of phosphoric acid groups is 1. The van der Waals surface area contributed by atoms with Crippen LogP contribution in [0.15, 0.2) is 11.1 Å². The summed E-state index contributed by atoms with van der Waals surface area (Å²) >= 11 is 0. The highest BCUT2D eigenvalue weighted by Gasteiger charge is 2.33. The standard InChI is InChI=1S/C15H30NO4P/c1-12(2)14-8-7-13(3)11-15(14)20-21(17,18)19-10-9-16(4,5)6/h13,15H,7-11H2,1-6H3/p+1. The Kier molecular flexibility index (Phi) is 6.63. The van der Waals surface area contributed by atoms with E-state index in [9.17, 15) is 9.46 Å². The van der Waals surface area contributed by atoms with E-state index in [1.54, 1.807) is 0 Å². The van der Waals surface area contributed by atoms with Crippen LogP contribution in [0.5, 0.6) is 0 Å². The van der Waals surface area contributed by atoms with E-state index in [1.165, 1.54) is 5.57 Å². The lowest BCUT2D eigenvalue weighted by Gasteiger charge is -2.32. The first-order chi connectivity index (χ1) is 9.50. The molecule has 3 atom stereocenters. The van der Waals surface area contributed by atoms with E-state index >= 15 is 0 Å². The fourth-order valence-corrected chi connectivity index (χ4v) is 3.40. The van der Waals surface area contributed by atoms with Crippen LogP contribution >= 0.6 is 7.82 Å². The van der Waals surface area contributed by atoms with E-state index in [-0.39, 0.29) is 12.7 Å². The molecule has 21 heavy (non-hydrogen) atoms. The van der Waals surface area contributed by atoms with E-state index in [0.717, 1.165) is 24.8 Å². The van der Waals surface area contributed by atoms with Crippen LogP contribution < -0.4 is 0 Å². The highest BCUT2D eigenvalue weighted by molar-refractivity contribution is 7.47. The average Bonchev–Trinajstić information content (AvgIpc) is 2.25. The van der Waals surface area contributed by atoms with Crippen molar-refractivity contribution in [3.8, 4) is 0 Å². The first-order valence-corrected chi connectivity index (χ1v) is 9.12. The van der Waals surface area contributed by atoms with Gasteiger partial charge in [0.25, 0.3) is 0 Å². The van der Waals surface area contributed by atoms with Crippen molar-refractivity contribution in [2.45, 2.75) is 46.1 Å². The van der Waals surface area contributed by atoms with Crippen molar-refractivity contribution >= 4 is 7.82 Å². The number of quaternary nitrogens is 1. The first kappa shape index (κ1) is 18.9. The molecule has 0 amide bonds. The molecule has 0 aliphatic heterocycles. The third-order valence-electron chi connectivity index (χ3n) is 3.83. The molecule has 0 saturated heterocycles. The molecular formula is C15H31NO4P+. The summed E-state index contributed by atoms with van der Waals surface area (Å²) in [5, 5.41) is 0. The molecule has 0 spiro atoms. The Balaban J connectivity index is 2.63. The lowest BCUT2D eigenvalue weighted by molar-refractivity contribution is -0.870. The summed E-state index contributed by atoms with van der Waals surface area (Å²) in [5.41, 5.74) is 2.33. The van der Waals surface area contributed by atoms with Gasteiger partial charge in [-0.05, 0) is 44.6 Å². The van der Waals surface area contributed by atoms with Gasteiger partial charge in [-0.3, -0.25) is 9.05 Å². The molecule has 124 valence electrons. The number of likely N-dealkylation sites (N-methyl/N-ethyl adjacent to an activating group) is 1. The molecular weight excluding hydrogens is 289 g/mol. The smallest absolute Gasteiger partial charge is 0.329 e. The number of hydrogen-bond donors (Lipinski definition) is 1. The monoisotopic (exact) mass is 320 g/mol. The van der Waals surface area contributed by atoms with Gasteiger partial charge in [-0.25, -0.2) is 4.57 Å². The van der Waals surface area contributed by atoms with Crippen LogP contribution in [0.1, 0.15) is 40.0 Å². The van der Waals surface area contributed by atoms with Gasteiger partial charge in [0.1, 0.15) is 13.2 Å². The SMILES string of the molecule is CC(C)=C1CCC(C)CC1OP(=O)(O)OCC[N+](C)(C)C. The summed E-state index contributed by atoms with van der Waals surface area (Å²) in [6, 6.07) is 0. The van der Waals surface area contributed by atoms with E-state index in [4.69, 9.17) is 9.05 Å². The van der Waals surface area contributed by atoms with E-state index in [0.29, 0.717) is 16.9 Å². The average molecular weight is 320 g/mol. The largest absolute Gasteiger partial charge is 0.472 e. The summed E-state index contributed by atoms with van der Waals surface area (Å²) in [6.45, 7) is 7.08. The van der Waals surface area contributed by atoms with Gasteiger partial charge in [0.05, 0.1) is 27.2 Å². The molecule has 0 aromatic carbocycles. The minimum atomic E-state index is -3.99. The van der Waals surface area contributed by atoms with Crippen molar-refractivity contribution in [3.05, 3.63) is 11.1 Å². The molecule has 6 heteroatoms. The zero-order chi connectivity index (χ0) is 16.3. The van der Waals surface area contributed by atoms with Gasteiger partial charge in [0, 0.05) is 0 Å². The zero-order valence-corrected chi connectivity index (χ0v) is 15.2. The second-order valence-corrected chi connectivity index (χ2v) is 8.72. The number of nitrogens with zero attached hydrogens (tertiary/aromatic N) is 1. The number of allylic oxidation sites excluding steroid dienone is 1. The van der Waals surface area contributed by atoms with Crippen LogP contribution in [0.2, 0.25) is 0 Å². The van der Waals surface area contributed by atoms with Crippen molar-refractivity contribution < 1.29 is 23.0 Å². The van der Waals surface area contributed by atoms with Crippen LogP contribution in [-0.4, -0.2) is 49.8 Å². The lowest BCUT2D eigenvalue weighted by Crippen LogP contribution is -2.37. The van der Waals surface area contributed by atoms with Crippen molar-refractivity contribution in [1.82, 2.24) is 0 Å². The van der Waals surface area contributed by atoms with Crippen LogP contribution in [0.4, 0.5) is 0 Å². The topological polar surface area (TPSA) is 55.8 Å². The Bertz CT molecular complexity index is 424. The molecule has 1 aliphatic rings. The number of phosphoric ester groups is 1. The molecule has 1 N–H and O–H groups in total. The third kappa shape index (κ3) is 7.07.